The number of rotatable bonds is 3. The molecule has 1 heterocycles. The highest BCUT2D eigenvalue weighted by Gasteiger charge is 2.47. The molecule has 1 amide bonds. The summed E-state index contributed by atoms with van der Waals surface area (Å²) in [6, 6.07) is 6.57. The summed E-state index contributed by atoms with van der Waals surface area (Å²) in [4.78, 5) is 12.6. The highest BCUT2D eigenvalue weighted by molar-refractivity contribution is 5.49. The minimum absolute atomic E-state index is 0.406. The second kappa shape index (κ2) is 4.55. The first kappa shape index (κ1) is 12.5. The van der Waals surface area contributed by atoms with Crippen LogP contribution >= 0.6 is 0 Å². The molecule has 19 heavy (non-hydrogen) atoms. The van der Waals surface area contributed by atoms with E-state index < -0.39 is 0 Å². The third kappa shape index (κ3) is 2.11. The van der Waals surface area contributed by atoms with E-state index in [1.54, 1.807) is 7.11 Å². The Morgan fingerprint density at radius 2 is 2.21 bits per heavy atom. The molecule has 0 aromatic heterocycles. The van der Waals surface area contributed by atoms with E-state index in [9.17, 15) is 4.79 Å². The van der Waals surface area contributed by atoms with Gasteiger partial charge in [-0.25, -0.2) is 0 Å². The fraction of sp³-hybridized carbons (Fsp3) is 0.562. The van der Waals surface area contributed by atoms with Crippen molar-refractivity contribution in [3.05, 3.63) is 29.3 Å². The van der Waals surface area contributed by atoms with Crippen LogP contribution in [-0.4, -0.2) is 31.5 Å². The van der Waals surface area contributed by atoms with Crippen LogP contribution in [0.25, 0.3) is 0 Å². The number of aryl methyl sites for hydroxylation is 1. The minimum atomic E-state index is 0.406. The van der Waals surface area contributed by atoms with Crippen molar-refractivity contribution < 1.29 is 9.53 Å². The Balaban J connectivity index is 1.73. The molecular formula is C16H21NO2. The Morgan fingerprint density at radius 3 is 2.89 bits per heavy atom. The van der Waals surface area contributed by atoms with Gasteiger partial charge >= 0.3 is 0 Å². The molecule has 3 nitrogen and oxygen atoms in total. The van der Waals surface area contributed by atoms with Crippen molar-refractivity contribution in [2.45, 2.75) is 32.1 Å². The number of hydrogen-bond donors (Lipinski definition) is 0. The van der Waals surface area contributed by atoms with Crippen molar-refractivity contribution in [1.82, 2.24) is 4.90 Å². The number of nitrogens with zero attached hydrogens (tertiary/aromatic N) is 1. The lowest BCUT2D eigenvalue weighted by Gasteiger charge is -2.46. The van der Waals surface area contributed by atoms with Gasteiger partial charge in [0.2, 0.25) is 6.41 Å². The van der Waals surface area contributed by atoms with Crippen molar-refractivity contribution in [1.29, 1.82) is 0 Å². The van der Waals surface area contributed by atoms with Crippen molar-refractivity contribution >= 4 is 6.41 Å². The number of ether oxygens (including phenoxy) is 1. The number of benzene rings is 1. The van der Waals surface area contributed by atoms with Crippen molar-refractivity contribution in [3.8, 4) is 5.75 Å². The van der Waals surface area contributed by atoms with E-state index in [1.165, 1.54) is 30.4 Å². The summed E-state index contributed by atoms with van der Waals surface area (Å²) < 4.78 is 5.42. The fourth-order valence-electron chi connectivity index (χ4n) is 3.76. The quantitative estimate of drug-likeness (QED) is 0.781. The standard InChI is InChI=1S/C16H21NO2/c1-12-3-4-13(7-15(12)19-2)14-5-6-16(8-14)9-17(10-16)11-18/h3-4,7,11,14H,5-6,8-10H2,1-2H3/t14-/m0/s1. The molecule has 3 heteroatoms. The predicted molar refractivity (Wildman–Crippen MR) is 74.4 cm³/mol. The highest BCUT2D eigenvalue weighted by Crippen LogP contribution is 2.51. The van der Waals surface area contributed by atoms with E-state index in [4.69, 9.17) is 4.74 Å². The molecular weight excluding hydrogens is 238 g/mol. The second-order valence-electron chi connectivity index (χ2n) is 6.18. The predicted octanol–water partition coefficient (Wildman–Crippen LogP) is 2.73. The van der Waals surface area contributed by atoms with Crippen molar-refractivity contribution in [2.75, 3.05) is 20.2 Å². The van der Waals surface area contributed by atoms with Gasteiger partial charge in [-0.1, -0.05) is 12.1 Å². The van der Waals surface area contributed by atoms with E-state index in [1.807, 2.05) is 4.90 Å². The minimum Gasteiger partial charge on any atom is -0.496 e. The molecule has 1 saturated carbocycles. The van der Waals surface area contributed by atoms with Gasteiger partial charge in [-0.3, -0.25) is 4.79 Å². The summed E-state index contributed by atoms with van der Waals surface area (Å²) in [5.74, 6) is 1.62. The molecule has 102 valence electrons. The Morgan fingerprint density at radius 1 is 1.42 bits per heavy atom. The average molecular weight is 259 g/mol. The van der Waals surface area contributed by atoms with E-state index in [-0.39, 0.29) is 0 Å². The lowest BCUT2D eigenvalue weighted by Crippen LogP contribution is -2.54. The lowest BCUT2D eigenvalue weighted by atomic mass is 9.77. The number of hydrogen-bond acceptors (Lipinski definition) is 2. The Hall–Kier alpha value is -1.51. The molecule has 1 aromatic rings. The number of amides is 1. The van der Waals surface area contributed by atoms with Crippen LogP contribution in [0.5, 0.6) is 5.75 Å². The zero-order chi connectivity index (χ0) is 13.5. The third-order valence-electron chi connectivity index (χ3n) is 4.83. The first-order valence-corrected chi connectivity index (χ1v) is 7.00. The summed E-state index contributed by atoms with van der Waals surface area (Å²) in [6.45, 7) is 3.98. The zero-order valence-electron chi connectivity index (χ0n) is 11.7. The van der Waals surface area contributed by atoms with Gasteiger partial charge in [-0.05, 0) is 49.3 Å². The fourth-order valence-corrected chi connectivity index (χ4v) is 3.76. The molecule has 0 bridgehead atoms. The molecule has 1 saturated heterocycles. The average Bonchev–Trinajstić information content (AvgIpc) is 2.82. The molecule has 2 aliphatic rings. The summed E-state index contributed by atoms with van der Waals surface area (Å²) in [6.07, 6.45) is 4.67. The summed E-state index contributed by atoms with van der Waals surface area (Å²) >= 11 is 0. The van der Waals surface area contributed by atoms with Crippen LogP contribution in [0.4, 0.5) is 0 Å². The molecule has 3 rings (SSSR count). The SMILES string of the molecule is COc1cc([C@H]2CCC3(C2)CN(C=O)C3)ccc1C. The largest absolute Gasteiger partial charge is 0.496 e. The molecule has 1 aliphatic heterocycles. The van der Waals surface area contributed by atoms with Gasteiger partial charge in [0, 0.05) is 18.5 Å². The van der Waals surface area contributed by atoms with Crippen LogP contribution in [0.2, 0.25) is 0 Å². The first-order valence-electron chi connectivity index (χ1n) is 7.00. The van der Waals surface area contributed by atoms with E-state index in [0.717, 1.165) is 25.2 Å². The molecule has 1 atom stereocenters. The topological polar surface area (TPSA) is 29.5 Å². The highest BCUT2D eigenvalue weighted by atomic mass is 16.5. The summed E-state index contributed by atoms with van der Waals surface area (Å²) in [5, 5.41) is 0. The first-order chi connectivity index (χ1) is 9.15. The van der Waals surface area contributed by atoms with E-state index >= 15 is 0 Å². The molecule has 2 fully saturated rings. The van der Waals surface area contributed by atoms with Crippen molar-refractivity contribution in [2.24, 2.45) is 5.41 Å². The Labute approximate surface area is 114 Å². The van der Waals surface area contributed by atoms with Gasteiger partial charge in [0.05, 0.1) is 7.11 Å². The van der Waals surface area contributed by atoms with Crippen LogP contribution in [0.1, 0.15) is 36.3 Å². The number of likely N-dealkylation sites (tertiary alicyclic amines) is 1. The maximum atomic E-state index is 10.7. The van der Waals surface area contributed by atoms with Crippen LogP contribution in [0.3, 0.4) is 0 Å². The van der Waals surface area contributed by atoms with Gasteiger partial charge in [-0.2, -0.15) is 0 Å². The number of carbonyl (C=O) groups excluding carboxylic acids is 1. The molecule has 0 radical (unpaired) electrons. The van der Waals surface area contributed by atoms with Crippen LogP contribution in [0.15, 0.2) is 18.2 Å². The van der Waals surface area contributed by atoms with Gasteiger partial charge in [0.15, 0.2) is 0 Å². The maximum absolute atomic E-state index is 10.7. The van der Waals surface area contributed by atoms with E-state index in [2.05, 4.69) is 25.1 Å². The smallest absolute Gasteiger partial charge is 0.209 e. The molecule has 1 spiro atoms. The van der Waals surface area contributed by atoms with Gasteiger partial charge in [-0.15, -0.1) is 0 Å². The molecule has 0 unspecified atom stereocenters. The van der Waals surface area contributed by atoms with E-state index in [0.29, 0.717) is 11.3 Å². The molecule has 1 aliphatic carbocycles. The normalized spacial score (nSPS) is 24.3. The van der Waals surface area contributed by atoms with Gasteiger partial charge in [0.1, 0.15) is 5.75 Å². The Kier molecular flexibility index (Phi) is 3.00. The lowest BCUT2D eigenvalue weighted by molar-refractivity contribution is -0.129. The zero-order valence-corrected chi connectivity index (χ0v) is 11.7. The monoisotopic (exact) mass is 259 g/mol. The van der Waals surface area contributed by atoms with Gasteiger partial charge < -0.3 is 9.64 Å². The summed E-state index contributed by atoms with van der Waals surface area (Å²) in [5.41, 5.74) is 2.99. The summed E-state index contributed by atoms with van der Waals surface area (Å²) in [7, 11) is 1.73. The van der Waals surface area contributed by atoms with Crippen molar-refractivity contribution in [3.63, 3.8) is 0 Å². The maximum Gasteiger partial charge on any atom is 0.209 e. The molecule has 0 N–H and O–H groups in total. The second-order valence-corrected chi connectivity index (χ2v) is 6.18. The number of carbonyl (C=O) groups is 1. The van der Waals surface area contributed by atoms with Crippen LogP contribution in [0, 0.1) is 12.3 Å². The van der Waals surface area contributed by atoms with Crippen LogP contribution in [-0.2, 0) is 4.79 Å². The van der Waals surface area contributed by atoms with Gasteiger partial charge in [0.25, 0.3) is 0 Å². The number of methoxy groups -OCH3 is 1. The third-order valence-corrected chi connectivity index (χ3v) is 4.83. The molecule has 1 aromatic carbocycles. The Bertz CT molecular complexity index is 492. The van der Waals surface area contributed by atoms with Crippen LogP contribution < -0.4 is 4.74 Å².